The van der Waals surface area contributed by atoms with Gasteiger partial charge in [-0.1, -0.05) is 0 Å². The monoisotopic (exact) mass is 229 g/mol. The number of rotatable bonds is 5. The number of alkyl halides is 1. The molecule has 0 fully saturated rings. The lowest BCUT2D eigenvalue weighted by molar-refractivity contribution is 0.322. The minimum absolute atomic E-state index is 0.472. The van der Waals surface area contributed by atoms with E-state index in [4.69, 9.17) is 19.9 Å². The molecule has 0 aliphatic heterocycles. The predicted octanol–water partition coefficient (Wildman–Crippen LogP) is 1.68. The van der Waals surface area contributed by atoms with Gasteiger partial charge in [0.05, 0.1) is 27.4 Å². The van der Waals surface area contributed by atoms with Crippen LogP contribution in [0, 0.1) is 0 Å². The van der Waals surface area contributed by atoms with Gasteiger partial charge < -0.3 is 19.9 Å². The van der Waals surface area contributed by atoms with Gasteiger partial charge in [0.2, 0.25) is 5.75 Å². The van der Waals surface area contributed by atoms with Gasteiger partial charge in [-0.25, -0.2) is 4.39 Å². The van der Waals surface area contributed by atoms with Crippen molar-refractivity contribution in [1.29, 1.82) is 0 Å². The zero-order valence-corrected chi connectivity index (χ0v) is 9.62. The molecule has 0 amide bonds. The minimum Gasteiger partial charge on any atom is -0.493 e. The second kappa shape index (κ2) is 5.55. The second-order valence-corrected chi connectivity index (χ2v) is 3.22. The van der Waals surface area contributed by atoms with Crippen LogP contribution in [0.1, 0.15) is 11.6 Å². The lowest BCUT2D eigenvalue weighted by Gasteiger charge is -2.16. The Kier molecular flexibility index (Phi) is 4.37. The number of hydrogen-bond donors (Lipinski definition) is 1. The Bertz CT molecular complexity index is 332. The van der Waals surface area contributed by atoms with Crippen LogP contribution in [0.25, 0.3) is 0 Å². The zero-order chi connectivity index (χ0) is 12.1. The molecule has 1 aromatic rings. The maximum Gasteiger partial charge on any atom is 0.203 e. The van der Waals surface area contributed by atoms with Gasteiger partial charge in [0, 0.05) is 0 Å². The first-order chi connectivity index (χ1) is 7.67. The highest BCUT2D eigenvalue weighted by Gasteiger charge is 2.16. The normalized spacial score (nSPS) is 12.1. The standard InChI is InChI=1S/C11H16FNO3/c1-14-9-4-7(8(13)6-12)5-10(15-2)11(9)16-3/h4-5,8H,6,13H2,1-3H3/t8-/m1/s1. The van der Waals surface area contributed by atoms with Gasteiger partial charge in [-0.05, 0) is 17.7 Å². The van der Waals surface area contributed by atoms with E-state index in [1.807, 2.05) is 0 Å². The summed E-state index contributed by atoms with van der Waals surface area (Å²) in [4.78, 5) is 0. The molecule has 0 radical (unpaired) electrons. The van der Waals surface area contributed by atoms with Crippen molar-refractivity contribution in [2.75, 3.05) is 28.0 Å². The van der Waals surface area contributed by atoms with Gasteiger partial charge in [-0.15, -0.1) is 0 Å². The molecule has 16 heavy (non-hydrogen) atoms. The topological polar surface area (TPSA) is 53.7 Å². The Morgan fingerprint density at radius 1 is 1.12 bits per heavy atom. The maximum absolute atomic E-state index is 12.5. The average Bonchev–Trinajstić information content (AvgIpc) is 2.35. The Hall–Kier alpha value is -1.49. The van der Waals surface area contributed by atoms with E-state index in [0.717, 1.165) is 0 Å². The van der Waals surface area contributed by atoms with E-state index in [2.05, 4.69) is 0 Å². The van der Waals surface area contributed by atoms with E-state index >= 15 is 0 Å². The molecule has 90 valence electrons. The van der Waals surface area contributed by atoms with Crippen LogP contribution in [0.15, 0.2) is 12.1 Å². The van der Waals surface area contributed by atoms with Crippen LogP contribution in [0.2, 0.25) is 0 Å². The molecule has 0 aliphatic rings. The van der Waals surface area contributed by atoms with Crippen molar-refractivity contribution in [3.05, 3.63) is 17.7 Å². The molecule has 0 unspecified atom stereocenters. The van der Waals surface area contributed by atoms with Crippen molar-refractivity contribution in [1.82, 2.24) is 0 Å². The third-order valence-corrected chi connectivity index (χ3v) is 2.28. The predicted molar refractivity (Wildman–Crippen MR) is 59.0 cm³/mol. The molecule has 0 saturated carbocycles. The van der Waals surface area contributed by atoms with Crippen LogP contribution >= 0.6 is 0 Å². The fourth-order valence-corrected chi connectivity index (χ4v) is 1.40. The lowest BCUT2D eigenvalue weighted by atomic mass is 10.1. The van der Waals surface area contributed by atoms with Gasteiger partial charge in [-0.3, -0.25) is 0 Å². The van der Waals surface area contributed by atoms with Gasteiger partial charge in [0.1, 0.15) is 6.67 Å². The number of hydrogen-bond acceptors (Lipinski definition) is 4. The van der Waals surface area contributed by atoms with Crippen LogP contribution in [-0.2, 0) is 0 Å². The smallest absolute Gasteiger partial charge is 0.203 e. The fourth-order valence-electron chi connectivity index (χ4n) is 1.40. The number of benzene rings is 1. The number of ether oxygens (including phenoxy) is 3. The highest BCUT2D eigenvalue weighted by Crippen LogP contribution is 2.39. The van der Waals surface area contributed by atoms with Gasteiger partial charge in [0.25, 0.3) is 0 Å². The summed E-state index contributed by atoms with van der Waals surface area (Å²) in [7, 11) is 4.51. The van der Waals surface area contributed by atoms with Gasteiger partial charge >= 0.3 is 0 Å². The molecule has 0 bridgehead atoms. The molecule has 0 aliphatic carbocycles. The van der Waals surface area contributed by atoms with Crippen LogP contribution in [0.5, 0.6) is 17.2 Å². The summed E-state index contributed by atoms with van der Waals surface area (Å²) in [6, 6.07) is 2.60. The van der Waals surface area contributed by atoms with Crippen molar-refractivity contribution < 1.29 is 18.6 Å². The first kappa shape index (κ1) is 12.6. The highest BCUT2D eigenvalue weighted by molar-refractivity contribution is 5.54. The summed E-state index contributed by atoms with van der Waals surface area (Å²) in [6.07, 6.45) is 0. The lowest BCUT2D eigenvalue weighted by Crippen LogP contribution is -2.12. The fraction of sp³-hybridized carbons (Fsp3) is 0.455. The molecule has 0 spiro atoms. The number of methoxy groups -OCH3 is 3. The summed E-state index contributed by atoms with van der Waals surface area (Å²) in [5.41, 5.74) is 6.21. The van der Waals surface area contributed by atoms with E-state index in [0.29, 0.717) is 22.8 Å². The van der Waals surface area contributed by atoms with E-state index < -0.39 is 12.7 Å². The van der Waals surface area contributed by atoms with Crippen LogP contribution in [0.4, 0.5) is 4.39 Å². The first-order valence-electron chi connectivity index (χ1n) is 4.79. The zero-order valence-electron chi connectivity index (χ0n) is 9.62. The summed E-state index contributed by atoms with van der Waals surface area (Å²) in [6.45, 7) is -0.640. The third kappa shape index (κ3) is 2.36. The third-order valence-electron chi connectivity index (χ3n) is 2.28. The summed E-state index contributed by atoms with van der Waals surface area (Å²) in [5, 5.41) is 0. The van der Waals surface area contributed by atoms with Crippen LogP contribution in [0.3, 0.4) is 0 Å². The largest absolute Gasteiger partial charge is 0.493 e. The molecule has 0 heterocycles. The molecule has 0 aromatic heterocycles. The average molecular weight is 229 g/mol. The Morgan fingerprint density at radius 3 is 1.94 bits per heavy atom. The summed E-state index contributed by atoms with van der Waals surface area (Å²) < 4.78 is 27.9. The van der Waals surface area contributed by atoms with E-state index in [1.54, 1.807) is 12.1 Å². The van der Waals surface area contributed by atoms with Crippen molar-refractivity contribution in [3.8, 4) is 17.2 Å². The van der Waals surface area contributed by atoms with E-state index in [-0.39, 0.29) is 0 Å². The minimum atomic E-state index is -0.686. The maximum atomic E-state index is 12.5. The molecule has 1 aromatic carbocycles. The van der Waals surface area contributed by atoms with Crippen molar-refractivity contribution in [2.45, 2.75) is 6.04 Å². The van der Waals surface area contributed by atoms with Crippen molar-refractivity contribution >= 4 is 0 Å². The molecule has 2 N–H and O–H groups in total. The van der Waals surface area contributed by atoms with Crippen LogP contribution in [-0.4, -0.2) is 28.0 Å². The number of nitrogens with two attached hydrogens (primary N) is 1. The van der Waals surface area contributed by atoms with Crippen molar-refractivity contribution in [2.24, 2.45) is 5.73 Å². The summed E-state index contributed by atoms with van der Waals surface area (Å²) >= 11 is 0. The molecule has 1 atom stereocenters. The van der Waals surface area contributed by atoms with Crippen molar-refractivity contribution in [3.63, 3.8) is 0 Å². The Labute approximate surface area is 94.1 Å². The molecular weight excluding hydrogens is 213 g/mol. The second-order valence-electron chi connectivity index (χ2n) is 3.22. The first-order valence-corrected chi connectivity index (χ1v) is 4.79. The molecule has 0 saturated heterocycles. The van der Waals surface area contributed by atoms with Crippen LogP contribution < -0.4 is 19.9 Å². The Morgan fingerprint density at radius 2 is 1.62 bits per heavy atom. The quantitative estimate of drug-likeness (QED) is 0.834. The molecule has 1 rings (SSSR count). The van der Waals surface area contributed by atoms with E-state index in [9.17, 15) is 4.39 Å². The van der Waals surface area contributed by atoms with E-state index in [1.165, 1.54) is 21.3 Å². The molecule has 4 nitrogen and oxygen atoms in total. The summed E-state index contributed by atoms with van der Waals surface area (Å²) in [5.74, 6) is 1.42. The van der Waals surface area contributed by atoms with Gasteiger partial charge in [0.15, 0.2) is 11.5 Å². The SMILES string of the molecule is COc1cc([C@H](N)CF)cc(OC)c1OC. The number of halogens is 1. The highest BCUT2D eigenvalue weighted by atomic mass is 19.1. The Balaban J connectivity index is 3.25. The van der Waals surface area contributed by atoms with Gasteiger partial charge in [-0.2, -0.15) is 0 Å². The molecule has 5 heteroatoms. The molecular formula is C11H16FNO3.